The molecule has 0 aliphatic heterocycles. The first-order valence-electron chi connectivity index (χ1n) is 10.5. The predicted octanol–water partition coefficient (Wildman–Crippen LogP) is 4.44. The zero-order valence-corrected chi connectivity index (χ0v) is 19.5. The van der Waals surface area contributed by atoms with Gasteiger partial charge in [-0.05, 0) is 43.6 Å². The Labute approximate surface area is 185 Å². The highest BCUT2D eigenvalue weighted by atomic mass is 32.2. The fourth-order valence-electron chi connectivity index (χ4n) is 3.91. The van der Waals surface area contributed by atoms with E-state index in [1.54, 1.807) is 0 Å². The van der Waals surface area contributed by atoms with Crippen LogP contribution in [0.25, 0.3) is 0 Å². The molecule has 2 aromatic heterocycles. The van der Waals surface area contributed by atoms with Crippen molar-refractivity contribution in [1.29, 1.82) is 0 Å². The second-order valence-electron chi connectivity index (χ2n) is 8.48. The summed E-state index contributed by atoms with van der Waals surface area (Å²) in [5, 5.41) is 13.0. The van der Waals surface area contributed by atoms with Gasteiger partial charge in [-0.2, -0.15) is 0 Å². The molecule has 1 atom stereocenters. The number of nitrogens with zero attached hydrogens (tertiary/aromatic N) is 3. The molecule has 0 saturated heterocycles. The highest BCUT2D eigenvalue weighted by Crippen LogP contribution is 2.41. The number of hydrogen-bond acceptors (Lipinski definition) is 7. The van der Waals surface area contributed by atoms with Crippen molar-refractivity contribution in [2.24, 2.45) is 5.92 Å². The number of carbonyl (C=O) groups is 2. The van der Waals surface area contributed by atoms with Gasteiger partial charge >= 0.3 is 5.97 Å². The average molecular weight is 449 g/mol. The van der Waals surface area contributed by atoms with E-state index in [1.807, 2.05) is 0 Å². The predicted molar refractivity (Wildman–Crippen MR) is 119 cm³/mol. The van der Waals surface area contributed by atoms with Gasteiger partial charge in [-0.25, -0.2) is 4.79 Å². The summed E-state index contributed by atoms with van der Waals surface area (Å²) in [6, 6.07) is 0.458. The number of methoxy groups -OCH3 is 1. The molecule has 30 heavy (non-hydrogen) atoms. The van der Waals surface area contributed by atoms with Gasteiger partial charge in [0, 0.05) is 16.8 Å². The summed E-state index contributed by atoms with van der Waals surface area (Å²) < 4.78 is 7.19. The van der Waals surface area contributed by atoms with Crippen molar-refractivity contribution in [2.75, 3.05) is 18.2 Å². The van der Waals surface area contributed by atoms with Crippen LogP contribution in [0.15, 0.2) is 5.16 Å². The van der Waals surface area contributed by atoms with E-state index in [2.05, 4.69) is 40.9 Å². The van der Waals surface area contributed by atoms with Gasteiger partial charge in [0.2, 0.25) is 5.91 Å². The van der Waals surface area contributed by atoms with E-state index in [9.17, 15) is 9.59 Å². The number of rotatable bonds is 7. The van der Waals surface area contributed by atoms with Crippen LogP contribution < -0.4 is 5.32 Å². The van der Waals surface area contributed by atoms with Gasteiger partial charge in [0.15, 0.2) is 5.16 Å². The summed E-state index contributed by atoms with van der Waals surface area (Å²) in [6.45, 7) is 6.44. The maximum atomic E-state index is 12.7. The maximum Gasteiger partial charge on any atom is 0.341 e. The van der Waals surface area contributed by atoms with Crippen LogP contribution in [0.1, 0.15) is 78.6 Å². The minimum atomic E-state index is -0.375. The van der Waals surface area contributed by atoms with E-state index in [4.69, 9.17) is 4.74 Å². The number of aromatic nitrogens is 3. The van der Waals surface area contributed by atoms with E-state index >= 15 is 0 Å². The van der Waals surface area contributed by atoms with Crippen LogP contribution in [0.5, 0.6) is 0 Å². The molecule has 0 bridgehead atoms. The molecule has 0 radical (unpaired) electrons. The summed E-state index contributed by atoms with van der Waals surface area (Å²) in [5.41, 5.74) is 1.58. The number of ether oxygens (including phenoxy) is 1. The van der Waals surface area contributed by atoms with Gasteiger partial charge in [-0.15, -0.1) is 21.5 Å². The second-order valence-corrected chi connectivity index (χ2v) is 10.5. The van der Waals surface area contributed by atoms with E-state index in [0.29, 0.717) is 28.4 Å². The second kappa shape index (κ2) is 8.70. The first kappa shape index (κ1) is 21.4. The number of carbonyl (C=O) groups excluding carboxylic acids is 2. The SMILES string of the molecule is COC(=O)c1c(NC(=O)CSc2nnc(C(C)C)n2C2CC2)sc2c1CCC(C)C2. The fourth-order valence-corrected chi connectivity index (χ4v) is 6.13. The molecule has 162 valence electrons. The van der Waals surface area contributed by atoms with Crippen molar-refractivity contribution in [3.63, 3.8) is 0 Å². The molecule has 7 nitrogen and oxygen atoms in total. The van der Waals surface area contributed by atoms with E-state index in [0.717, 1.165) is 48.6 Å². The van der Waals surface area contributed by atoms with Crippen LogP contribution in [0.2, 0.25) is 0 Å². The molecule has 1 amide bonds. The van der Waals surface area contributed by atoms with Crippen LogP contribution >= 0.6 is 23.1 Å². The first-order chi connectivity index (χ1) is 14.4. The molecule has 9 heteroatoms. The summed E-state index contributed by atoms with van der Waals surface area (Å²) in [6.07, 6.45) is 5.12. The Hall–Kier alpha value is -1.87. The molecule has 4 rings (SSSR count). The maximum absolute atomic E-state index is 12.7. The molecule has 1 saturated carbocycles. The van der Waals surface area contributed by atoms with E-state index < -0.39 is 0 Å². The number of fused-ring (bicyclic) bond motifs is 1. The van der Waals surface area contributed by atoms with Crippen molar-refractivity contribution >= 4 is 40.0 Å². The molecule has 1 unspecified atom stereocenters. The standard InChI is InChI=1S/C21H28N4O3S2/c1-11(2)18-23-24-21(25(18)13-6-7-13)29-10-16(26)22-19-17(20(27)28-4)14-8-5-12(3)9-15(14)30-19/h11-13H,5-10H2,1-4H3,(H,22,26). The quantitative estimate of drug-likeness (QED) is 0.498. The topological polar surface area (TPSA) is 86.1 Å². The number of amides is 1. The minimum Gasteiger partial charge on any atom is -0.465 e. The van der Waals surface area contributed by atoms with Crippen LogP contribution in [0, 0.1) is 5.92 Å². The molecule has 0 aromatic carbocycles. The fraction of sp³-hybridized carbons (Fsp3) is 0.619. The van der Waals surface area contributed by atoms with Gasteiger partial charge in [-0.1, -0.05) is 32.5 Å². The summed E-state index contributed by atoms with van der Waals surface area (Å²) in [4.78, 5) is 26.3. The number of hydrogen-bond donors (Lipinski definition) is 1. The number of thioether (sulfide) groups is 1. The molecule has 1 N–H and O–H groups in total. The monoisotopic (exact) mass is 448 g/mol. The summed E-state index contributed by atoms with van der Waals surface area (Å²) >= 11 is 2.91. The molecule has 2 aliphatic carbocycles. The summed E-state index contributed by atoms with van der Waals surface area (Å²) in [5.74, 6) is 1.57. The van der Waals surface area contributed by atoms with Crippen molar-refractivity contribution in [1.82, 2.24) is 14.8 Å². The molecular weight excluding hydrogens is 420 g/mol. The highest BCUT2D eigenvalue weighted by Gasteiger charge is 2.31. The van der Waals surface area contributed by atoms with Gasteiger partial charge in [-0.3, -0.25) is 4.79 Å². The normalized spacial score (nSPS) is 18.4. The molecule has 2 aromatic rings. The molecule has 1 fully saturated rings. The largest absolute Gasteiger partial charge is 0.465 e. The Kier molecular flexibility index (Phi) is 6.20. The lowest BCUT2D eigenvalue weighted by molar-refractivity contribution is -0.113. The smallest absolute Gasteiger partial charge is 0.341 e. The number of esters is 1. The third-order valence-electron chi connectivity index (χ3n) is 5.61. The molecule has 2 aliphatic rings. The third kappa shape index (κ3) is 4.27. The Balaban J connectivity index is 1.48. The Morgan fingerprint density at radius 3 is 2.73 bits per heavy atom. The lowest BCUT2D eigenvalue weighted by Crippen LogP contribution is -2.17. The number of nitrogens with one attached hydrogen (secondary N) is 1. The molecule has 2 heterocycles. The van der Waals surface area contributed by atoms with Crippen LogP contribution in [0.4, 0.5) is 5.00 Å². The van der Waals surface area contributed by atoms with Crippen LogP contribution in [-0.4, -0.2) is 39.5 Å². The van der Waals surface area contributed by atoms with Crippen molar-refractivity contribution < 1.29 is 14.3 Å². The zero-order valence-electron chi connectivity index (χ0n) is 17.9. The van der Waals surface area contributed by atoms with E-state index in [1.165, 1.54) is 35.1 Å². The highest BCUT2D eigenvalue weighted by molar-refractivity contribution is 7.99. The van der Waals surface area contributed by atoms with Crippen LogP contribution in [-0.2, 0) is 22.4 Å². The molecule has 0 spiro atoms. The number of anilines is 1. The van der Waals surface area contributed by atoms with Gasteiger partial charge in [0.1, 0.15) is 10.8 Å². The van der Waals surface area contributed by atoms with Crippen LogP contribution in [0.3, 0.4) is 0 Å². The summed E-state index contributed by atoms with van der Waals surface area (Å²) in [7, 11) is 1.39. The van der Waals surface area contributed by atoms with Gasteiger partial charge in [0.25, 0.3) is 0 Å². The average Bonchev–Trinajstić information content (AvgIpc) is 3.35. The zero-order chi connectivity index (χ0) is 21.4. The number of thiophene rings is 1. The van der Waals surface area contributed by atoms with Crippen molar-refractivity contribution in [3.05, 3.63) is 21.8 Å². The van der Waals surface area contributed by atoms with Gasteiger partial charge < -0.3 is 14.6 Å². The van der Waals surface area contributed by atoms with E-state index in [-0.39, 0.29) is 17.6 Å². The Morgan fingerprint density at radius 2 is 2.07 bits per heavy atom. The van der Waals surface area contributed by atoms with Crippen molar-refractivity contribution in [2.45, 2.75) is 70.0 Å². The lowest BCUT2D eigenvalue weighted by Gasteiger charge is -2.18. The van der Waals surface area contributed by atoms with Crippen molar-refractivity contribution in [3.8, 4) is 0 Å². The first-order valence-corrected chi connectivity index (χ1v) is 12.3. The lowest BCUT2D eigenvalue weighted by atomic mass is 9.88. The molecular formula is C21H28N4O3S2. The Morgan fingerprint density at radius 1 is 1.30 bits per heavy atom. The Bertz CT molecular complexity index is 962. The minimum absolute atomic E-state index is 0.145. The van der Waals surface area contributed by atoms with Gasteiger partial charge in [0.05, 0.1) is 18.4 Å². The third-order valence-corrected chi connectivity index (χ3v) is 7.72.